The summed E-state index contributed by atoms with van der Waals surface area (Å²) in [6.07, 6.45) is 6.12. The lowest BCUT2D eigenvalue weighted by atomic mass is 10.0. The van der Waals surface area contributed by atoms with Crippen molar-refractivity contribution in [2.24, 2.45) is 0 Å². The summed E-state index contributed by atoms with van der Waals surface area (Å²) in [6, 6.07) is 4.07. The van der Waals surface area contributed by atoms with E-state index in [1.807, 2.05) is 6.92 Å². The largest absolute Gasteiger partial charge is 0.358 e. The van der Waals surface area contributed by atoms with Gasteiger partial charge in [-0.2, -0.15) is 0 Å². The van der Waals surface area contributed by atoms with Crippen LogP contribution in [0, 0.1) is 13.8 Å². The van der Waals surface area contributed by atoms with E-state index in [9.17, 15) is 4.79 Å². The van der Waals surface area contributed by atoms with Crippen LogP contribution in [-0.2, 0) is 17.8 Å². The number of carbonyl (C=O) groups is 1. The molecule has 2 heterocycles. The van der Waals surface area contributed by atoms with E-state index in [0.717, 1.165) is 17.5 Å². The number of aromatic amines is 1. The van der Waals surface area contributed by atoms with Crippen LogP contribution in [0.3, 0.4) is 0 Å². The number of H-pyrrole nitrogens is 1. The van der Waals surface area contributed by atoms with E-state index in [0.29, 0.717) is 6.54 Å². The minimum Gasteiger partial charge on any atom is -0.358 e. The van der Waals surface area contributed by atoms with Gasteiger partial charge in [0.2, 0.25) is 5.91 Å². The molecular weight excluding hydrogens is 300 g/mol. The van der Waals surface area contributed by atoms with Crippen LogP contribution >= 0.6 is 0 Å². The Morgan fingerprint density at radius 2 is 2.17 bits per heavy atom. The highest BCUT2D eigenvalue weighted by atomic mass is 16.2. The van der Waals surface area contributed by atoms with Crippen LogP contribution in [0.1, 0.15) is 42.3 Å². The summed E-state index contributed by atoms with van der Waals surface area (Å²) in [5, 5.41) is 4.29. The molecule has 1 atom stereocenters. The summed E-state index contributed by atoms with van der Waals surface area (Å²) in [6.45, 7) is 8.78. The van der Waals surface area contributed by atoms with E-state index in [2.05, 4.69) is 48.2 Å². The van der Waals surface area contributed by atoms with Gasteiger partial charge in [0.25, 0.3) is 0 Å². The molecule has 0 saturated carbocycles. The Kier molecular flexibility index (Phi) is 4.42. The molecule has 5 heteroatoms. The minimum atomic E-state index is -0.274. The number of nitrogens with one attached hydrogen (secondary N) is 2. The first-order chi connectivity index (χ1) is 11.5. The van der Waals surface area contributed by atoms with Gasteiger partial charge < -0.3 is 14.9 Å². The summed E-state index contributed by atoms with van der Waals surface area (Å²) in [5.74, 6) is -0.0124. The van der Waals surface area contributed by atoms with Crippen molar-refractivity contribution in [1.29, 1.82) is 0 Å². The van der Waals surface area contributed by atoms with E-state index in [-0.39, 0.29) is 11.9 Å². The van der Waals surface area contributed by atoms with Gasteiger partial charge in [-0.1, -0.05) is 18.6 Å². The highest BCUT2D eigenvalue weighted by Crippen LogP contribution is 2.26. The number of hydrogen-bond donors (Lipinski definition) is 2. The SMILES string of the molecule is CCc1[nH]c2c(CNC(=O)[C@@H](C)n3ccnc3)cc(C)cc2c1C. The van der Waals surface area contributed by atoms with Gasteiger partial charge in [-0.25, -0.2) is 4.98 Å². The molecule has 2 N–H and O–H groups in total. The lowest BCUT2D eigenvalue weighted by Crippen LogP contribution is -2.30. The third kappa shape index (κ3) is 2.94. The number of hydrogen-bond acceptors (Lipinski definition) is 2. The molecule has 126 valence electrons. The van der Waals surface area contributed by atoms with Crippen LogP contribution < -0.4 is 5.32 Å². The fourth-order valence-corrected chi connectivity index (χ4v) is 3.17. The molecule has 0 aliphatic carbocycles. The molecule has 24 heavy (non-hydrogen) atoms. The van der Waals surface area contributed by atoms with E-state index in [1.54, 1.807) is 23.3 Å². The maximum atomic E-state index is 12.4. The molecule has 5 nitrogen and oxygen atoms in total. The minimum absolute atomic E-state index is 0.0124. The molecule has 0 fully saturated rings. The third-order valence-electron chi connectivity index (χ3n) is 4.66. The van der Waals surface area contributed by atoms with E-state index in [4.69, 9.17) is 0 Å². The van der Waals surface area contributed by atoms with Crippen molar-refractivity contribution in [3.63, 3.8) is 0 Å². The lowest BCUT2D eigenvalue weighted by Gasteiger charge is -2.14. The fraction of sp³-hybridized carbons (Fsp3) is 0.368. The van der Waals surface area contributed by atoms with Gasteiger partial charge in [-0.15, -0.1) is 0 Å². The first-order valence-electron chi connectivity index (χ1n) is 8.37. The van der Waals surface area contributed by atoms with Crippen molar-refractivity contribution < 1.29 is 4.79 Å². The first-order valence-corrected chi connectivity index (χ1v) is 8.37. The maximum absolute atomic E-state index is 12.4. The van der Waals surface area contributed by atoms with Gasteiger partial charge >= 0.3 is 0 Å². The van der Waals surface area contributed by atoms with Crippen LogP contribution in [0.4, 0.5) is 0 Å². The molecule has 0 aliphatic heterocycles. The molecule has 0 aliphatic rings. The van der Waals surface area contributed by atoms with Crippen LogP contribution in [0.15, 0.2) is 30.9 Å². The van der Waals surface area contributed by atoms with Gasteiger partial charge in [0.1, 0.15) is 6.04 Å². The molecule has 0 spiro atoms. The van der Waals surface area contributed by atoms with Crippen molar-refractivity contribution in [3.8, 4) is 0 Å². The van der Waals surface area contributed by atoms with Crippen LogP contribution in [0.2, 0.25) is 0 Å². The number of benzene rings is 1. The normalized spacial score (nSPS) is 12.5. The molecule has 0 radical (unpaired) electrons. The Morgan fingerprint density at radius 3 is 2.83 bits per heavy atom. The Bertz CT molecular complexity index is 861. The van der Waals surface area contributed by atoms with Crippen molar-refractivity contribution >= 4 is 16.8 Å². The van der Waals surface area contributed by atoms with Crippen LogP contribution in [-0.4, -0.2) is 20.4 Å². The molecule has 2 aromatic heterocycles. The molecular formula is C19H24N4O. The predicted molar refractivity (Wildman–Crippen MR) is 95.9 cm³/mol. The summed E-state index contributed by atoms with van der Waals surface area (Å²) in [5.41, 5.74) is 6.02. The Labute approximate surface area is 142 Å². The van der Waals surface area contributed by atoms with E-state index in [1.165, 1.54) is 22.2 Å². The summed E-state index contributed by atoms with van der Waals surface area (Å²) < 4.78 is 1.80. The molecule has 1 amide bonds. The zero-order valence-corrected chi connectivity index (χ0v) is 14.7. The van der Waals surface area contributed by atoms with Crippen LogP contribution in [0.25, 0.3) is 10.9 Å². The van der Waals surface area contributed by atoms with Crippen molar-refractivity contribution in [1.82, 2.24) is 19.9 Å². The highest BCUT2D eigenvalue weighted by Gasteiger charge is 2.15. The molecule has 0 saturated heterocycles. The molecule has 3 rings (SSSR count). The summed E-state index contributed by atoms with van der Waals surface area (Å²) in [7, 11) is 0. The average molecular weight is 324 g/mol. The molecule has 3 aromatic rings. The number of aryl methyl sites for hydroxylation is 3. The van der Waals surface area contributed by atoms with E-state index < -0.39 is 0 Å². The van der Waals surface area contributed by atoms with Gasteiger partial charge in [-0.3, -0.25) is 4.79 Å². The second kappa shape index (κ2) is 6.51. The zero-order valence-electron chi connectivity index (χ0n) is 14.7. The standard InChI is InChI=1S/C19H24N4O/c1-5-17-13(3)16-9-12(2)8-15(18(16)22-17)10-21-19(24)14(4)23-7-6-20-11-23/h6-9,11,14,22H,5,10H2,1-4H3,(H,21,24)/t14-/m1/s1. The highest BCUT2D eigenvalue weighted by molar-refractivity contribution is 5.88. The quantitative estimate of drug-likeness (QED) is 0.755. The lowest BCUT2D eigenvalue weighted by molar-refractivity contribution is -0.124. The van der Waals surface area contributed by atoms with Crippen LogP contribution in [0.5, 0.6) is 0 Å². The monoisotopic (exact) mass is 324 g/mol. The number of fused-ring (bicyclic) bond motifs is 1. The first kappa shape index (κ1) is 16.3. The maximum Gasteiger partial charge on any atom is 0.243 e. The van der Waals surface area contributed by atoms with Gasteiger partial charge in [0.15, 0.2) is 0 Å². The van der Waals surface area contributed by atoms with Gasteiger partial charge in [0, 0.05) is 30.0 Å². The van der Waals surface area contributed by atoms with E-state index >= 15 is 0 Å². The predicted octanol–water partition coefficient (Wildman–Crippen LogP) is 3.42. The van der Waals surface area contributed by atoms with Gasteiger partial charge in [-0.05, 0) is 44.4 Å². The number of amides is 1. The smallest absolute Gasteiger partial charge is 0.243 e. The third-order valence-corrected chi connectivity index (χ3v) is 4.66. The number of rotatable bonds is 5. The Hall–Kier alpha value is -2.56. The Balaban J connectivity index is 1.83. The second-order valence-corrected chi connectivity index (χ2v) is 6.33. The summed E-state index contributed by atoms with van der Waals surface area (Å²) >= 11 is 0. The van der Waals surface area contributed by atoms with Crippen molar-refractivity contribution in [2.75, 3.05) is 0 Å². The van der Waals surface area contributed by atoms with Gasteiger partial charge in [0.05, 0.1) is 11.8 Å². The molecule has 0 unspecified atom stereocenters. The Morgan fingerprint density at radius 1 is 1.38 bits per heavy atom. The zero-order chi connectivity index (χ0) is 17.3. The average Bonchev–Trinajstić information content (AvgIpc) is 3.20. The molecule has 1 aromatic carbocycles. The number of imidazole rings is 1. The van der Waals surface area contributed by atoms with Crippen molar-refractivity contribution in [2.45, 2.75) is 46.7 Å². The second-order valence-electron chi connectivity index (χ2n) is 6.33. The fourth-order valence-electron chi connectivity index (χ4n) is 3.17. The van der Waals surface area contributed by atoms with Crippen molar-refractivity contribution in [3.05, 3.63) is 53.2 Å². The topological polar surface area (TPSA) is 62.7 Å². The summed E-state index contributed by atoms with van der Waals surface area (Å²) in [4.78, 5) is 19.9. The number of aromatic nitrogens is 3. The molecule has 0 bridgehead atoms. The number of nitrogens with zero attached hydrogens (tertiary/aromatic N) is 2. The number of carbonyl (C=O) groups excluding carboxylic acids is 1.